The predicted molar refractivity (Wildman–Crippen MR) is 56.9 cm³/mol. The van der Waals surface area contributed by atoms with Crippen molar-refractivity contribution in [3.05, 3.63) is 22.7 Å². The first-order valence-corrected chi connectivity index (χ1v) is 5.21. The van der Waals surface area contributed by atoms with Gasteiger partial charge in [-0.1, -0.05) is 0 Å². The first kappa shape index (κ1) is 10.2. The molecular weight excluding hydrogens is 194 g/mol. The summed E-state index contributed by atoms with van der Waals surface area (Å²) in [6.07, 6.45) is 3.61. The molecule has 1 fully saturated rings. The van der Waals surface area contributed by atoms with Crippen molar-refractivity contribution in [2.75, 3.05) is 25.1 Å². The third-order valence-corrected chi connectivity index (χ3v) is 2.56. The van der Waals surface area contributed by atoms with Gasteiger partial charge in [-0.2, -0.15) is 0 Å². The Hall–Kier alpha value is -1.36. The molecular formula is C10H15N3O2. The Labute approximate surface area is 87.9 Å². The van der Waals surface area contributed by atoms with Crippen molar-refractivity contribution in [3.63, 3.8) is 0 Å². The average molecular weight is 209 g/mol. The lowest BCUT2D eigenvalue weighted by molar-refractivity contribution is 0.185. The van der Waals surface area contributed by atoms with Crippen LogP contribution in [-0.4, -0.2) is 29.7 Å². The molecule has 0 bridgehead atoms. The summed E-state index contributed by atoms with van der Waals surface area (Å²) in [6.45, 7) is 2.59. The van der Waals surface area contributed by atoms with Crippen molar-refractivity contribution in [1.82, 2.24) is 9.97 Å². The summed E-state index contributed by atoms with van der Waals surface area (Å²) in [7, 11) is 0. The van der Waals surface area contributed by atoms with E-state index in [-0.39, 0.29) is 5.56 Å². The molecule has 2 heterocycles. The number of nitrogens with zero attached hydrogens (tertiary/aromatic N) is 1. The summed E-state index contributed by atoms with van der Waals surface area (Å²) in [6, 6.07) is 1.46. The number of ether oxygens (including phenoxy) is 1. The van der Waals surface area contributed by atoms with Crippen molar-refractivity contribution >= 4 is 5.82 Å². The molecule has 5 nitrogen and oxygen atoms in total. The van der Waals surface area contributed by atoms with Crippen LogP contribution in [0.5, 0.6) is 0 Å². The Morgan fingerprint density at radius 1 is 1.67 bits per heavy atom. The van der Waals surface area contributed by atoms with Crippen molar-refractivity contribution in [1.29, 1.82) is 0 Å². The Kier molecular flexibility index (Phi) is 3.34. The minimum atomic E-state index is -0.128. The Morgan fingerprint density at radius 2 is 2.60 bits per heavy atom. The van der Waals surface area contributed by atoms with Crippen molar-refractivity contribution in [3.8, 4) is 0 Å². The van der Waals surface area contributed by atoms with Crippen LogP contribution < -0.4 is 10.9 Å². The lowest BCUT2D eigenvalue weighted by atomic mass is 10.1. The van der Waals surface area contributed by atoms with Gasteiger partial charge >= 0.3 is 0 Å². The fourth-order valence-corrected chi connectivity index (χ4v) is 1.68. The molecule has 0 saturated carbocycles. The SMILES string of the molecule is O=c1cc(NCCC2CCOC2)nc[nH]1. The smallest absolute Gasteiger partial charge is 0.252 e. The maximum absolute atomic E-state index is 11.0. The number of aromatic nitrogens is 2. The number of hydrogen-bond donors (Lipinski definition) is 2. The monoisotopic (exact) mass is 209 g/mol. The third-order valence-electron chi connectivity index (χ3n) is 2.56. The zero-order valence-electron chi connectivity index (χ0n) is 8.53. The summed E-state index contributed by atoms with van der Waals surface area (Å²) in [5.41, 5.74) is -0.128. The molecule has 1 aliphatic heterocycles. The van der Waals surface area contributed by atoms with E-state index in [0.717, 1.165) is 32.6 Å². The molecule has 2 rings (SSSR count). The van der Waals surface area contributed by atoms with E-state index in [2.05, 4.69) is 15.3 Å². The summed E-state index contributed by atoms with van der Waals surface area (Å²) in [5, 5.41) is 3.13. The lowest BCUT2D eigenvalue weighted by Gasteiger charge is -2.08. The molecule has 15 heavy (non-hydrogen) atoms. The van der Waals surface area contributed by atoms with Gasteiger partial charge in [-0.15, -0.1) is 0 Å². The van der Waals surface area contributed by atoms with Crippen LogP contribution >= 0.6 is 0 Å². The standard InChI is InChI=1S/C10H15N3O2/c14-10-5-9(12-7-13-10)11-3-1-8-2-4-15-6-8/h5,7-8H,1-4,6H2,(H2,11,12,13,14). The summed E-state index contributed by atoms with van der Waals surface area (Å²) in [5.74, 6) is 1.29. The fourth-order valence-electron chi connectivity index (χ4n) is 1.68. The van der Waals surface area contributed by atoms with Crippen molar-refractivity contribution in [2.45, 2.75) is 12.8 Å². The van der Waals surface area contributed by atoms with Gasteiger partial charge in [-0.3, -0.25) is 4.79 Å². The molecule has 2 N–H and O–H groups in total. The molecule has 82 valence electrons. The second kappa shape index (κ2) is 4.93. The number of nitrogens with one attached hydrogen (secondary N) is 2. The summed E-state index contributed by atoms with van der Waals surface area (Å²) >= 11 is 0. The Bertz CT molecular complexity index is 358. The maximum Gasteiger partial charge on any atom is 0.252 e. The molecule has 1 aliphatic rings. The van der Waals surface area contributed by atoms with E-state index in [9.17, 15) is 4.79 Å². The zero-order chi connectivity index (χ0) is 10.5. The van der Waals surface area contributed by atoms with Gasteiger partial charge in [0.15, 0.2) is 0 Å². The van der Waals surface area contributed by atoms with Gasteiger partial charge in [0.2, 0.25) is 0 Å². The predicted octanol–water partition coefficient (Wildman–Crippen LogP) is 0.608. The number of anilines is 1. The largest absolute Gasteiger partial charge is 0.381 e. The van der Waals surface area contributed by atoms with Gasteiger partial charge in [0.05, 0.1) is 6.33 Å². The van der Waals surface area contributed by atoms with Crippen molar-refractivity contribution in [2.24, 2.45) is 5.92 Å². The Morgan fingerprint density at radius 3 is 3.33 bits per heavy atom. The minimum absolute atomic E-state index is 0.128. The molecule has 5 heteroatoms. The van der Waals surface area contributed by atoms with Crippen LogP contribution in [-0.2, 0) is 4.74 Å². The molecule has 0 aromatic carbocycles. The second-order valence-electron chi connectivity index (χ2n) is 3.74. The second-order valence-corrected chi connectivity index (χ2v) is 3.74. The highest BCUT2D eigenvalue weighted by Crippen LogP contribution is 2.15. The highest BCUT2D eigenvalue weighted by Gasteiger charge is 2.14. The summed E-state index contributed by atoms with van der Waals surface area (Å²) < 4.78 is 5.28. The van der Waals surface area contributed by atoms with E-state index in [1.807, 2.05) is 0 Å². The van der Waals surface area contributed by atoms with Crippen LogP contribution in [0.2, 0.25) is 0 Å². The fraction of sp³-hybridized carbons (Fsp3) is 0.600. The number of hydrogen-bond acceptors (Lipinski definition) is 4. The van der Waals surface area contributed by atoms with Gasteiger partial charge < -0.3 is 15.0 Å². The molecule has 0 radical (unpaired) electrons. The highest BCUT2D eigenvalue weighted by atomic mass is 16.5. The molecule has 1 aromatic heterocycles. The minimum Gasteiger partial charge on any atom is -0.381 e. The van der Waals surface area contributed by atoms with Crippen LogP contribution in [0, 0.1) is 5.92 Å². The molecule has 1 unspecified atom stereocenters. The van der Waals surface area contributed by atoms with E-state index < -0.39 is 0 Å². The molecule has 0 spiro atoms. The van der Waals surface area contributed by atoms with Crippen LogP contribution in [0.3, 0.4) is 0 Å². The van der Waals surface area contributed by atoms with Gasteiger partial charge in [-0.25, -0.2) is 4.98 Å². The van der Waals surface area contributed by atoms with Crippen LogP contribution in [0.1, 0.15) is 12.8 Å². The van der Waals surface area contributed by atoms with E-state index in [0.29, 0.717) is 11.7 Å². The maximum atomic E-state index is 11.0. The molecule has 1 aromatic rings. The highest BCUT2D eigenvalue weighted by molar-refractivity contribution is 5.31. The topological polar surface area (TPSA) is 67.0 Å². The van der Waals surface area contributed by atoms with Crippen LogP contribution in [0.25, 0.3) is 0 Å². The third kappa shape index (κ3) is 3.06. The first-order valence-electron chi connectivity index (χ1n) is 5.21. The van der Waals surface area contributed by atoms with E-state index in [1.54, 1.807) is 0 Å². The average Bonchev–Trinajstić information content (AvgIpc) is 2.71. The van der Waals surface area contributed by atoms with Gasteiger partial charge in [-0.05, 0) is 18.8 Å². The van der Waals surface area contributed by atoms with Gasteiger partial charge in [0.25, 0.3) is 5.56 Å². The van der Waals surface area contributed by atoms with E-state index >= 15 is 0 Å². The van der Waals surface area contributed by atoms with Crippen LogP contribution in [0.15, 0.2) is 17.2 Å². The molecule has 1 saturated heterocycles. The molecule has 0 amide bonds. The van der Waals surface area contributed by atoms with Crippen molar-refractivity contribution < 1.29 is 4.74 Å². The molecule has 0 aliphatic carbocycles. The quantitative estimate of drug-likeness (QED) is 0.762. The van der Waals surface area contributed by atoms with Crippen LogP contribution in [0.4, 0.5) is 5.82 Å². The summed E-state index contributed by atoms with van der Waals surface area (Å²) in [4.78, 5) is 17.4. The van der Waals surface area contributed by atoms with E-state index in [4.69, 9.17) is 4.74 Å². The van der Waals surface area contributed by atoms with Gasteiger partial charge in [0.1, 0.15) is 5.82 Å². The normalized spacial score (nSPS) is 20.4. The number of rotatable bonds is 4. The molecule has 1 atom stereocenters. The number of H-pyrrole nitrogens is 1. The Balaban J connectivity index is 1.75. The number of aromatic amines is 1. The van der Waals surface area contributed by atoms with E-state index in [1.165, 1.54) is 12.4 Å². The zero-order valence-corrected chi connectivity index (χ0v) is 8.53. The lowest BCUT2D eigenvalue weighted by Crippen LogP contribution is -2.12. The first-order chi connectivity index (χ1) is 7.34. The van der Waals surface area contributed by atoms with Gasteiger partial charge in [0, 0.05) is 25.8 Å².